The zero-order valence-electron chi connectivity index (χ0n) is 19.3. The van der Waals surface area contributed by atoms with Gasteiger partial charge >= 0.3 is 5.76 Å². The molecule has 2 aromatic heterocycles. The van der Waals surface area contributed by atoms with E-state index in [-0.39, 0.29) is 24.9 Å². The molecule has 1 amide bonds. The predicted octanol–water partition coefficient (Wildman–Crippen LogP) is 4.62. The molecule has 2 heterocycles. The Kier molecular flexibility index (Phi) is 7.94. The van der Waals surface area contributed by atoms with Crippen molar-refractivity contribution in [3.63, 3.8) is 0 Å². The maximum atomic E-state index is 13.5. The van der Waals surface area contributed by atoms with Crippen LogP contribution in [-0.4, -0.2) is 46.5 Å². The zero-order chi connectivity index (χ0) is 22.8. The van der Waals surface area contributed by atoms with Crippen molar-refractivity contribution < 1.29 is 9.21 Å². The number of likely N-dealkylation sites (N-methyl/N-ethyl adjacent to an activating group) is 1. The molecule has 0 unspecified atom stereocenters. The van der Waals surface area contributed by atoms with Crippen LogP contribution in [0.3, 0.4) is 0 Å². The van der Waals surface area contributed by atoms with Gasteiger partial charge in [0.15, 0.2) is 10.7 Å². The molecule has 0 aliphatic carbocycles. The number of para-hydroxylation sites is 2. The Labute approximate surface area is 203 Å². The summed E-state index contributed by atoms with van der Waals surface area (Å²) < 4.78 is 7.76. The van der Waals surface area contributed by atoms with Crippen LogP contribution in [0.15, 0.2) is 45.6 Å². The van der Waals surface area contributed by atoms with Crippen LogP contribution in [0.1, 0.15) is 25.0 Å². The lowest BCUT2D eigenvalue weighted by atomic mass is 10.1. The molecule has 4 rings (SSSR count). The van der Waals surface area contributed by atoms with E-state index in [1.165, 1.54) is 21.5 Å². The second-order valence-corrected chi connectivity index (χ2v) is 8.93. The summed E-state index contributed by atoms with van der Waals surface area (Å²) in [6.07, 6.45) is 0. The molecule has 0 aliphatic heterocycles. The Morgan fingerprint density at radius 2 is 1.85 bits per heavy atom. The fraction of sp³-hybridized carbons (Fsp3) is 0.375. The second kappa shape index (κ2) is 10.5. The highest BCUT2D eigenvalue weighted by Gasteiger charge is 2.23. The van der Waals surface area contributed by atoms with Crippen molar-refractivity contribution in [1.82, 2.24) is 14.5 Å². The van der Waals surface area contributed by atoms with Crippen LogP contribution >= 0.6 is 23.7 Å². The molecule has 0 N–H and O–H groups in total. The molecule has 0 aliphatic rings. The summed E-state index contributed by atoms with van der Waals surface area (Å²) in [6.45, 7) is 11.3. The van der Waals surface area contributed by atoms with E-state index in [0.29, 0.717) is 22.8 Å². The van der Waals surface area contributed by atoms with Crippen molar-refractivity contribution in [3.8, 4) is 0 Å². The molecule has 0 radical (unpaired) electrons. The number of hydrogen-bond acceptors (Lipinski definition) is 6. The van der Waals surface area contributed by atoms with Crippen molar-refractivity contribution in [2.75, 3.05) is 31.1 Å². The van der Waals surface area contributed by atoms with E-state index in [4.69, 9.17) is 9.40 Å². The Morgan fingerprint density at radius 3 is 2.58 bits per heavy atom. The minimum atomic E-state index is -0.529. The van der Waals surface area contributed by atoms with Gasteiger partial charge in [-0.05, 0) is 56.3 Å². The van der Waals surface area contributed by atoms with Gasteiger partial charge in [0.1, 0.15) is 6.54 Å². The average molecular weight is 489 g/mol. The number of carbonyl (C=O) groups is 1. The van der Waals surface area contributed by atoms with Crippen LogP contribution < -0.4 is 10.7 Å². The molecule has 4 aromatic rings. The van der Waals surface area contributed by atoms with Gasteiger partial charge < -0.3 is 9.32 Å². The van der Waals surface area contributed by atoms with E-state index < -0.39 is 5.76 Å². The first-order chi connectivity index (χ1) is 15.4. The second-order valence-electron chi connectivity index (χ2n) is 7.92. The minimum absolute atomic E-state index is 0. The van der Waals surface area contributed by atoms with Crippen molar-refractivity contribution in [2.24, 2.45) is 0 Å². The van der Waals surface area contributed by atoms with Gasteiger partial charge in [-0.1, -0.05) is 43.4 Å². The van der Waals surface area contributed by atoms with Crippen LogP contribution in [0.25, 0.3) is 21.3 Å². The molecular formula is C24H29ClN4O3S. The van der Waals surface area contributed by atoms with Gasteiger partial charge in [0.2, 0.25) is 5.91 Å². The summed E-state index contributed by atoms with van der Waals surface area (Å²) in [5.74, 6) is -0.710. The first-order valence-electron chi connectivity index (χ1n) is 10.9. The van der Waals surface area contributed by atoms with Crippen LogP contribution in [0, 0.1) is 13.8 Å². The third-order valence-electron chi connectivity index (χ3n) is 5.75. The topological polar surface area (TPSA) is 71.6 Å². The first kappa shape index (κ1) is 25.0. The maximum Gasteiger partial charge on any atom is 0.420 e. The SMILES string of the molecule is CCN(CC)CCN(C(=O)Cn1c(=O)oc2ccccc21)c1nc2c(C)cc(C)cc2s1.Cl. The van der Waals surface area contributed by atoms with E-state index in [1.54, 1.807) is 23.1 Å². The normalized spacial score (nSPS) is 11.3. The number of hydrogen-bond donors (Lipinski definition) is 0. The predicted molar refractivity (Wildman–Crippen MR) is 137 cm³/mol. The molecule has 0 atom stereocenters. The van der Waals surface area contributed by atoms with Crippen molar-refractivity contribution in [1.29, 1.82) is 0 Å². The number of thiazole rings is 1. The summed E-state index contributed by atoms with van der Waals surface area (Å²) >= 11 is 1.51. The van der Waals surface area contributed by atoms with Gasteiger partial charge in [-0.2, -0.15) is 0 Å². The Balaban J connectivity index is 0.00000306. The highest BCUT2D eigenvalue weighted by atomic mass is 35.5. The fourth-order valence-corrected chi connectivity index (χ4v) is 5.15. The van der Waals surface area contributed by atoms with Crippen molar-refractivity contribution in [3.05, 3.63) is 58.1 Å². The highest BCUT2D eigenvalue weighted by Crippen LogP contribution is 2.32. The molecule has 0 saturated carbocycles. The number of fused-ring (bicyclic) bond motifs is 2. The largest absolute Gasteiger partial charge is 0.420 e. The van der Waals surface area contributed by atoms with Crippen LogP contribution in [0.4, 0.5) is 5.13 Å². The fourth-order valence-electron chi connectivity index (χ4n) is 3.97. The molecule has 0 saturated heterocycles. The third kappa shape index (κ3) is 5.13. The lowest BCUT2D eigenvalue weighted by Gasteiger charge is -2.24. The summed E-state index contributed by atoms with van der Waals surface area (Å²) in [5.41, 5.74) is 4.27. The molecule has 2 aromatic carbocycles. The lowest BCUT2D eigenvalue weighted by molar-refractivity contribution is -0.119. The molecular weight excluding hydrogens is 460 g/mol. The summed E-state index contributed by atoms with van der Waals surface area (Å²) in [6, 6.07) is 11.4. The zero-order valence-corrected chi connectivity index (χ0v) is 21.0. The van der Waals surface area contributed by atoms with Crippen LogP contribution in [0.2, 0.25) is 0 Å². The molecule has 33 heavy (non-hydrogen) atoms. The standard InChI is InChI=1S/C24H28N4O3S.ClH/c1-5-26(6-2)11-12-27(23-25-22-17(4)13-16(3)14-20(22)32-23)21(29)15-28-18-9-7-8-10-19(18)31-24(28)30;/h7-10,13-14H,5-6,11-12,15H2,1-4H3;1H. The van der Waals surface area contributed by atoms with Crippen LogP contribution in [-0.2, 0) is 11.3 Å². The average Bonchev–Trinajstić information content (AvgIpc) is 3.32. The van der Waals surface area contributed by atoms with Crippen molar-refractivity contribution in [2.45, 2.75) is 34.2 Å². The van der Waals surface area contributed by atoms with E-state index in [1.807, 2.05) is 13.0 Å². The quantitative estimate of drug-likeness (QED) is 0.362. The Hall–Kier alpha value is -2.68. The number of benzene rings is 2. The number of aromatic nitrogens is 2. The Morgan fingerprint density at radius 1 is 1.12 bits per heavy atom. The molecule has 9 heteroatoms. The van der Waals surface area contributed by atoms with Crippen LogP contribution in [0.5, 0.6) is 0 Å². The number of amides is 1. The van der Waals surface area contributed by atoms with E-state index in [9.17, 15) is 9.59 Å². The van der Waals surface area contributed by atoms with Gasteiger partial charge in [0.25, 0.3) is 0 Å². The number of anilines is 1. The van der Waals surface area contributed by atoms with Gasteiger partial charge in [-0.25, -0.2) is 9.78 Å². The molecule has 7 nitrogen and oxygen atoms in total. The Bertz CT molecular complexity index is 1320. The monoisotopic (exact) mass is 488 g/mol. The smallest absolute Gasteiger partial charge is 0.408 e. The van der Waals surface area contributed by atoms with Crippen molar-refractivity contribution >= 4 is 56.1 Å². The number of halogens is 1. The highest BCUT2D eigenvalue weighted by molar-refractivity contribution is 7.22. The van der Waals surface area contributed by atoms with E-state index in [0.717, 1.165) is 35.4 Å². The minimum Gasteiger partial charge on any atom is -0.408 e. The van der Waals surface area contributed by atoms with E-state index in [2.05, 4.69) is 37.8 Å². The lowest BCUT2D eigenvalue weighted by Crippen LogP contribution is -2.41. The van der Waals surface area contributed by atoms with Gasteiger partial charge in [-0.3, -0.25) is 14.3 Å². The van der Waals surface area contributed by atoms with Gasteiger partial charge in [0, 0.05) is 13.1 Å². The third-order valence-corrected chi connectivity index (χ3v) is 6.78. The molecule has 0 spiro atoms. The number of nitrogens with zero attached hydrogens (tertiary/aromatic N) is 4. The summed E-state index contributed by atoms with van der Waals surface area (Å²) in [5, 5.41) is 0.659. The number of rotatable bonds is 8. The molecule has 0 bridgehead atoms. The number of aryl methyl sites for hydroxylation is 2. The number of carbonyl (C=O) groups excluding carboxylic acids is 1. The number of oxazole rings is 1. The van der Waals surface area contributed by atoms with E-state index >= 15 is 0 Å². The van der Waals surface area contributed by atoms with Gasteiger partial charge in [-0.15, -0.1) is 12.4 Å². The summed E-state index contributed by atoms with van der Waals surface area (Å²) in [4.78, 5) is 34.7. The molecule has 0 fully saturated rings. The van der Waals surface area contributed by atoms with Gasteiger partial charge in [0.05, 0.1) is 15.7 Å². The maximum absolute atomic E-state index is 13.5. The molecule has 176 valence electrons. The first-order valence-corrected chi connectivity index (χ1v) is 11.7. The summed E-state index contributed by atoms with van der Waals surface area (Å²) in [7, 11) is 0.